The summed E-state index contributed by atoms with van der Waals surface area (Å²) in [6, 6.07) is 11.4. The first-order valence-electron chi connectivity index (χ1n) is 12.5. The summed E-state index contributed by atoms with van der Waals surface area (Å²) in [5.41, 5.74) is 0.0673. The number of amides is 2. The number of carboxylic acids is 1. The molecule has 8 heteroatoms. The van der Waals surface area contributed by atoms with E-state index in [1.54, 1.807) is 49.6 Å². The molecule has 2 aromatic carbocycles. The minimum absolute atomic E-state index is 0.188. The van der Waals surface area contributed by atoms with E-state index >= 15 is 0 Å². The van der Waals surface area contributed by atoms with E-state index < -0.39 is 35.3 Å². The van der Waals surface area contributed by atoms with Gasteiger partial charge in [-0.2, -0.15) is 0 Å². The minimum atomic E-state index is -1.76. The van der Waals surface area contributed by atoms with E-state index in [-0.39, 0.29) is 11.9 Å². The number of hydrogen-bond acceptors (Lipinski definition) is 6. The largest absolute Gasteiger partial charge is 0.496 e. The fourth-order valence-electron chi connectivity index (χ4n) is 6.61. The molecule has 2 saturated heterocycles. The lowest BCUT2D eigenvalue weighted by Crippen LogP contribution is -2.54. The average molecular weight is 493 g/mol. The van der Waals surface area contributed by atoms with Crippen LogP contribution in [0.4, 0.5) is 0 Å². The first-order valence-corrected chi connectivity index (χ1v) is 12.5. The van der Waals surface area contributed by atoms with Gasteiger partial charge in [-0.15, -0.1) is 0 Å². The number of likely N-dealkylation sites (tertiary alicyclic amines) is 1. The van der Waals surface area contributed by atoms with Crippen LogP contribution in [0.5, 0.6) is 11.5 Å². The van der Waals surface area contributed by atoms with E-state index in [1.807, 2.05) is 6.92 Å². The van der Waals surface area contributed by atoms with E-state index in [2.05, 4.69) is 5.32 Å². The van der Waals surface area contributed by atoms with E-state index in [9.17, 15) is 19.5 Å². The molecule has 4 unspecified atom stereocenters. The molecular formula is C28H32N2O6. The first-order chi connectivity index (χ1) is 17.4. The van der Waals surface area contributed by atoms with Crippen molar-refractivity contribution in [3.63, 3.8) is 0 Å². The van der Waals surface area contributed by atoms with Gasteiger partial charge in [-0.1, -0.05) is 55.7 Å². The van der Waals surface area contributed by atoms with Crippen LogP contribution in [-0.4, -0.2) is 48.1 Å². The molecule has 1 saturated carbocycles. The number of nitrogens with one attached hydrogen (secondary N) is 1. The van der Waals surface area contributed by atoms with Crippen LogP contribution < -0.4 is 14.8 Å². The number of hydrogen-bond donors (Lipinski definition) is 2. The molecule has 3 fully saturated rings. The summed E-state index contributed by atoms with van der Waals surface area (Å²) >= 11 is 0. The summed E-state index contributed by atoms with van der Waals surface area (Å²) in [6.45, 7) is 1.85. The summed E-state index contributed by atoms with van der Waals surface area (Å²) in [7, 11) is 3.10. The Morgan fingerprint density at radius 3 is 2.31 bits per heavy atom. The van der Waals surface area contributed by atoms with Gasteiger partial charge in [-0.3, -0.25) is 19.8 Å². The smallest absolute Gasteiger partial charge is 0.329 e. The fourth-order valence-corrected chi connectivity index (χ4v) is 6.61. The Hall–Kier alpha value is -3.39. The number of rotatable bonds is 6. The highest BCUT2D eigenvalue weighted by molar-refractivity contribution is 6.10. The van der Waals surface area contributed by atoms with Gasteiger partial charge in [0.15, 0.2) is 5.54 Å². The summed E-state index contributed by atoms with van der Waals surface area (Å²) < 4.78 is 11.2. The first kappa shape index (κ1) is 24.3. The van der Waals surface area contributed by atoms with Crippen LogP contribution in [0.3, 0.4) is 0 Å². The summed E-state index contributed by atoms with van der Waals surface area (Å²) in [5.74, 6) is -2.71. The second-order valence-corrected chi connectivity index (χ2v) is 9.96. The highest BCUT2D eigenvalue weighted by atomic mass is 16.5. The Labute approximate surface area is 210 Å². The van der Waals surface area contributed by atoms with Gasteiger partial charge in [0.25, 0.3) is 0 Å². The number of benzene rings is 2. The van der Waals surface area contributed by atoms with Crippen LogP contribution in [0.1, 0.15) is 54.8 Å². The number of carboxylic acid groups (broad SMARTS) is 1. The van der Waals surface area contributed by atoms with Crippen molar-refractivity contribution in [3.05, 3.63) is 59.2 Å². The van der Waals surface area contributed by atoms with Gasteiger partial charge >= 0.3 is 5.97 Å². The number of carbonyl (C=O) groups is 3. The van der Waals surface area contributed by atoms with Crippen LogP contribution in [-0.2, 0) is 19.9 Å². The van der Waals surface area contributed by atoms with Gasteiger partial charge in [0.1, 0.15) is 11.5 Å². The number of ether oxygens (including phenoxy) is 2. The maximum atomic E-state index is 14.0. The maximum Gasteiger partial charge on any atom is 0.329 e. The van der Waals surface area contributed by atoms with Crippen molar-refractivity contribution in [2.24, 2.45) is 11.8 Å². The second-order valence-electron chi connectivity index (χ2n) is 9.96. The number of fused-ring (bicyclic) bond motifs is 1. The molecule has 5 rings (SSSR count). The molecule has 0 spiro atoms. The molecule has 2 amide bonds. The monoisotopic (exact) mass is 492 g/mol. The van der Waals surface area contributed by atoms with Crippen molar-refractivity contribution in [1.82, 2.24) is 10.2 Å². The molecular weight excluding hydrogens is 460 g/mol. The van der Waals surface area contributed by atoms with Gasteiger partial charge in [-0.05, 0) is 31.4 Å². The van der Waals surface area contributed by atoms with Crippen molar-refractivity contribution < 1.29 is 29.0 Å². The number of methoxy groups -OCH3 is 2. The van der Waals surface area contributed by atoms with Gasteiger partial charge in [0.2, 0.25) is 11.8 Å². The topological polar surface area (TPSA) is 105 Å². The molecule has 0 bridgehead atoms. The zero-order valence-corrected chi connectivity index (χ0v) is 20.8. The highest BCUT2D eigenvalue weighted by Crippen LogP contribution is 2.55. The minimum Gasteiger partial charge on any atom is -0.496 e. The molecule has 2 aromatic rings. The third-order valence-corrected chi connectivity index (χ3v) is 8.25. The van der Waals surface area contributed by atoms with E-state index in [0.717, 1.165) is 37.7 Å². The van der Waals surface area contributed by atoms with Crippen molar-refractivity contribution in [2.45, 2.75) is 56.7 Å². The third kappa shape index (κ3) is 3.42. The van der Waals surface area contributed by atoms with Crippen LogP contribution in [0.2, 0.25) is 0 Å². The Morgan fingerprint density at radius 2 is 1.69 bits per heavy atom. The molecule has 1 aliphatic carbocycles. The SMILES string of the molecule is COc1ccc(C2NC(C(=O)O)(c3ccccc3)C3C(=O)N(C4CCCCC4)C(=O)C23)c(OC)c1C. The zero-order valence-electron chi connectivity index (χ0n) is 20.8. The highest BCUT2D eigenvalue weighted by Gasteiger charge is 2.70. The number of imide groups is 1. The normalized spacial score (nSPS) is 28.3. The predicted octanol–water partition coefficient (Wildman–Crippen LogP) is 3.57. The standard InChI is InChI=1S/C28H32N2O6/c1-16-20(35-2)15-14-19(24(16)36-3)23-21-22(26(32)30(25(21)31)18-12-8-5-9-13-18)28(29-23,27(33)34)17-10-6-4-7-11-17/h4,6-7,10-11,14-15,18,21-23,29H,5,8-9,12-13H2,1-3H3,(H,33,34). The van der Waals surface area contributed by atoms with Crippen LogP contribution >= 0.6 is 0 Å². The lowest BCUT2D eigenvalue weighted by Gasteiger charge is -2.35. The Morgan fingerprint density at radius 1 is 1.00 bits per heavy atom. The Balaban J connectivity index is 1.71. The molecule has 2 aliphatic heterocycles. The lowest BCUT2D eigenvalue weighted by molar-refractivity contribution is -0.153. The maximum absolute atomic E-state index is 14.0. The van der Waals surface area contributed by atoms with Crippen molar-refractivity contribution >= 4 is 17.8 Å². The van der Waals surface area contributed by atoms with Gasteiger partial charge in [0.05, 0.1) is 26.1 Å². The molecule has 3 aliphatic rings. The van der Waals surface area contributed by atoms with Gasteiger partial charge < -0.3 is 14.6 Å². The molecule has 2 N–H and O–H groups in total. The zero-order chi connectivity index (χ0) is 25.6. The summed E-state index contributed by atoms with van der Waals surface area (Å²) in [5, 5.41) is 14.0. The molecule has 8 nitrogen and oxygen atoms in total. The number of nitrogens with zero attached hydrogens (tertiary/aromatic N) is 1. The van der Waals surface area contributed by atoms with Gasteiger partial charge in [0, 0.05) is 23.2 Å². The van der Waals surface area contributed by atoms with Crippen molar-refractivity contribution in [1.29, 1.82) is 0 Å². The fraction of sp³-hybridized carbons (Fsp3) is 0.464. The summed E-state index contributed by atoms with van der Waals surface area (Å²) in [6.07, 6.45) is 4.49. The van der Waals surface area contributed by atoms with E-state index in [0.29, 0.717) is 22.6 Å². The van der Waals surface area contributed by atoms with Crippen molar-refractivity contribution in [3.8, 4) is 11.5 Å². The molecule has 4 atom stereocenters. The molecule has 190 valence electrons. The van der Waals surface area contributed by atoms with Crippen LogP contribution in [0.15, 0.2) is 42.5 Å². The van der Waals surface area contributed by atoms with Crippen LogP contribution in [0, 0.1) is 18.8 Å². The number of aliphatic carboxylic acids is 1. The molecule has 0 aromatic heterocycles. The molecule has 36 heavy (non-hydrogen) atoms. The van der Waals surface area contributed by atoms with E-state index in [4.69, 9.17) is 9.47 Å². The average Bonchev–Trinajstić information content (AvgIpc) is 3.39. The van der Waals surface area contributed by atoms with Crippen LogP contribution in [0.25, 0.3) is 0 Å². The lowest BCUT2D eigenvalue weighted by atomic mass is 9.75. The van der Waals surface area contributed by atoms with E-state index in [1.165, 1.54) is 12.0 Å². The molecule has 2 heterocycles. The van der Waals surface area contributed by atoms with Crippen molar-refractivity contribution in [2.75, 3.05) is 14.2 Å². The Bertz CT molecular complexity index is 1190. The predicted molar refractivity (Wildman–Crippen MR) is 132 cm³/mol. The molecule has 0 radical (unpaired) electrons. The number of carbonyl (C=O) groups excluding carboxylic acids is 2. The summed E-state index contributed by atoms with van der Waals surface area (Å²) in [4.78, 5) is 42.6. The quantitative estimate of drug-likeness (QED) is 0.594. The third-order valence-electron chi connectivity index (χ3n) is 8.25. The van der Waals surface area contributed by atoms with Gasteiger partial charge in [-0.25, -0.2) is 4.79 Å². The Kier molecular flexibility index (Phi) is 6.24. The second kappa shape index (κ2) is 9.24.